The Hall–Kier alpha value is -3.69. The summed E-state index contributed by atoms with van der Waals surface area (Å²) in [6, 6.07) is 32.4. The third-order valence-electron chi connectivity index (χ3n) is 5.86. The van der Waals surface area contributed by atoms with Crippen molar-refractivity contribution in [1.29, 1.82) is 0 Å². The van der Waals surface area contributed by atoms with Crippen molar-refractivity contribution in [3.05, 3.63) is 97.1 Å². The molecule has 6 aromatic rings. The molecule has 0 saturated heterocycles. The highest BCUT2D eigenvalue weighted by molar-refractivity contribution is 7.99. The second-order valence-corrected chi connectivity index (χ2v) is 8.85. The highest BCUT2D eigenvalue weighted by Crippen LogP contribution is 2.45. The Morgan fingerprint density at radius 1 is 0.419 bits per heavy atom. The van der Waals surface area contributed by atoms with Crippen molar-refractivity contribution in [2.45, 2.75) is 9.79 Å². The van der Waals surface area contributed by atoms with Gasteiger partial charge in [-0.15, -0.1) is 0 Å². The summed E-state index contributed by atoms with van der Waals surface area (Å²) in [7, 11) is 0. The number of phenolic OH excluding ortho intramolecular Hbond substituents is 2. The number of hydrogen-bond donors (Lipinski definition) is 2. The van der Waals surface area contributed by atoms with Gasteiger partial charge in [-0.05, 0) is 68.7 Å². The summed E-state index contributed by atoms with van der Waals surface area (Å²) < 4.78 is 0. The Morgan fingerprint density at radius 3 is 1.23 bits per heavy atom. The van der Waals surface area contributed by atoms with Crippen LogP contribution in [-0.4, -0.2) is 10.2 Å². The average molecular weight is 419 g/mol. The van der Waals surface area contributed by atoms with E-state index in [9.17, 15) is 10.2 Å². The number of fused-ring (bicyclic) bond motifs is 4. The molecule has 0 aliphatic rings. The van der Waals surface area contributed by atoms with Crippen LogP contribution in [0, 0.1) is 0 Å². The molecule has 6 aromatic carbocycles. The minimum atomic E-state index is 0.242. The Morgan fingerprint density at radius 2 is 0.806 bits per heavy atom. The quantitative estimate of drug-likeness (QED) is 0.281. The van der Waals surface area contributed by atoms with E-state index in [0.717, 1.165) is 52.9 Å². The van der Waals surface area contributed by atoms with E-state index in [1.165, 1.54) is 11.8 Å². The zero-order valence-electron chi connectivity index (χ0n) is 16.5. The second kappa shape index (κ2) is 6.93. The van der Waals surface area contributed by atoms with Gasteiger partial charge in [-0.25, -0.2) is 0 Å². The lowest BCUT2D eigenvalue weighted by molar-refractivity contribution is 0.466. The fraction of sp³-hybridized carbons (Fsp3) is 0. The predicted molar refractivity (Wildman–Crippen MR) is 130 cm³/mol. The van der Waals surface area contributed by atoms with Crippen LogP contribution in [0.3, 0.4) is 0 Å². The van der Waals surface area contributed by atoms with Gasteiger partial charge in [0.1, 0.15) is 11.5 Å². The lowest BCUT2D eigenvalue weighted by atomic mass is 10.0. The van der Waals surface area contributed by atoms with E-state index in [1.807, 2.05) is 72.8 Å². The maximum Gasteiger partial charge on any atom is 0.137 e. The summed E-state index contributed by atoms with van der Waals surface area (Å²) >= 11 is 1.38. The van der Waals surface area contributed by atoms with Crippen molar-refractivity contribution in [2.24, 2.45) is 0 Å². The van der Waals surface area contributed by atoms with Gasteiger partial charge < -0.3 is 10.2 Å². The van der Waals surface area contributed by atoms with Crippen molar-refractivity contribution < 1.29 is 10.2 Å². The minimum absolute atomic E-state index is 0.242. The molecule has 31 heavy (non-hydrogen) atoms. The third-order valence-corrected chi connectivity index (χ3v) is 6.96. The molecule has 0 fully saturated rings. The van der Waals surface area contributed by atoms with Crippen molar-refractivity contribution in [1.82, 2.24) is 0 Å². The number of rotatable bonds is 2. The molecular formula is C28H18O2S. The predicted octanol–water partition coefficient (Wildman–Crippen LogP) is 7.86. The number of benzene rings is 6. The first-order valence-corrected chi connectivity index (χ1v) is 11.0. The molecule has 0 amide bonds. The summed E-state index contributed by atoms with van der Waals surface area (Å²) in [5.41, 5.74) is 0. The van der Waals surface area contributed by atoms with E-state index in [1.54, 1.807) is 0 Å². The molecule has 0 aliphatic carbocycles. The zero-order chi connectivity index (χ0) is 20.9. The van der Waals surface area contributed by atoms with Crippen LogP contribution in [0.4, 0.5) is 0 Å². The maximum absolute atomic E-state index is 11.0. The fourth-order valence-electron chi connectivity index (χ4n) is 4.24. The van der Waals surface area contributed by atoms with Crippen LogP contribution >= 0.6 is 11.8 Å². The Labute approximate surface area is 183 Å². The van der Waals surface area contributed by atoms with Crippen molar-refractivity contribution in [3.63, 3.8) is 0 Å². The molecule has 6 rings (SSSR count). The summed E-state index contributed by atoms with van der Waals surface area (Å²) in [6.45, 7) is 0. The lowest BCUT2D eigenvalue weighted by Crippen LogP contribution is -1.83. The third kappa shape index (κ3) is 2.97. The lowest BCUT2D eigenvalue weighted by Gasteiger charge is -2.12. The molecule has 0 atom stereocenters. The number of phenols is 2. The van der Waals surface area contributed by atoms with Crippen LogP contribution in [0.15, 0.2) is 107 Å². The van der Waals surface area contributed by atoms with Gasteiger partial charge in [0.15, 0.2) is 0 Å². The molecule has 148 valence electrons. The Bertz CT molecular complexity index is 1510. The summed E-state index contributed by atoms with van der Waals surface area (Å²) in [6.07, 6.45) is 0. The molecule has 0 spiro atoms. The normalized spacial score (nSPS) is 11.6. The first-order valence-electron chi connectivity index (χ1n) is 10.1. The van der Waals surface area contributed by atoms with Crippen LogP contribution in [0.5, 0.6) is 11.5 Å². The molecule has 2 nitrogen and oxygen atoms in total. The topological polar surface area (TPSA) is 40.5 Å². The van der Waals surface area contributed by atoms with Gasteiger partial charge in [-0.3, -0.25) is 0 Å². The Kier molecular flexibility index (Phi) is 4.05. The van der Waals surface area contributed by atoms with E-state index in [2.05, 4.69) is 24.3 Å². The van der Waals surface area contributed by atoms with Crippen molar-refractivity contribution >= 4 is 54.9 Å². The molecule has 0 heterocycles. The van der Waals surface area contributed by atoms with Crippen LogP contribution in [0.1, 0.15) is 0 Å². The molecule has 0 saturated carbocycles. The number of aromatic hydroxyl groups is 2. The van der Waals surface area contributed by atoms with Gasteiger partial charge >= 0.3 is 0 Å². The maximum atomic E-state index is 11.0. The second-order valence-electron chi connectivity index (χ2n) is 7.77. The Balaban J connectivity index is 1.48. The SMILES string of the molecule is Oc1c(Sc2ccc3cc4ccccc4cc3c2O)ccc2cc3ccccc3cc12. The van der Waals surface area contributed by atoms with Gasteiger partial charge in [0.25, 0.3) is 0 Å². The molecule has 0 aromatic heterocycles. The number of hydrogen-bond acceptors (Lipinski definition) is 3. The molecular weight excluding hydrogens is 400 g/mol. The van der Waals surface area contributed by atoms with Crippen LogP contribution < -0.4 is 0 Å². The molecule has 0 unspecified atom stereocenters. The van der Waals surface area contributed by atoms with Gasteiger partial charge in [0.05, 0.1) is 9.79 Å². The first-order chi connectivity index (χ1) is 15.2. The molecule has 0 radical (unpaired) electrons. The largest absolute Gasteiger partial charge is 0.506 e. The average Bonchev–Trinajstić information content (AvgIpc) is 2.80. The van der Waals surface area contributed by atoms with Gasteiger partial charge in [0.2, 0.25) is 0 Å². The monoisotopic (exact) mass is 418 g/mol. The highest BCUT2D eigenvalue weighted by atomic mass is 32.2. The standard InChI is InChI=1S/C28H18O2S/c29-27-23-15-19-7-3-1-5-17(19)13-21(23)9-11-25(27)31-26-12-10-22-14-18-6-2-4-8-20(18)16-24(22)28(26)30/h1-16,29-30H. The minimum Gasteiger partial charge on any atom is -0.506 e. The zero-order valence-corrected chi connectivity index (χ0v) is 17.4. The van der Waals surface area contributed by atoms with Crippen LogP contribution in [-0.2, 0) is 0 Å². The summed E-state index contributed by atoms with van der Waals surface area (Å²) in [5.74, 6) is 0.484. The smallest absolute Gasteiger partial charge is 0.137 e. The van der Waals surface area contributed by atoms with E-state index in [0.29, 0.717) is 0 Å². The molecule has 2 N–H and O–H groups in total. The van der Waals surface area contributed by atoms with E-state index in [4.69, 9.17) is 0 Å². The van der Waals surface area contributed by atoms with Crippen molar-refractivity contribution in [3.8, 4) is 11.5 Å². The van der Waals surface area contributed by atoms with Gasteiger partial charge in [-0.2, -0.15) is 0 Å². The fourth-order valence-corrected chi connectivity index (χ4v) is 5.16. The summed E-state index contributed by atoms with van der Waals surface area (Å²) in [5, 5.41) is 30.1. The van der Waals surface area contributed by atoms with Gasteiger partial charge in [-0.1, -0.05) is 72.4 Å². The van der Waals surface area contributed by atoms with Crippen molar-refractivity contribution in [2.75, 3.05) is 0 Å². The van der Waals surface area contributed by atoms with E-state index >= 15 is 0 Å². The first kappa shape index (κ1) is 18.1. The van der Waals surface area contributed by atoms with E-state index in [-0.39, 0.29) is 11.5 Å². The van der Waals surface area contributed by atoms with Crippen LogP contribution in [0.25, 0.3) is 43.1 Å². The highest BCUT2D eigenvalue weighted by Gasteiger charge is 2.13. The van der Waals surface area contributed by atoms with E-state index < -0.39 is 0 Å². The molecule has 0 bridgehead atoms. The van der Waals surface area contributed by atoms with Crippen LogP contribution in [0.2, 0.25) is 0 Å². The molecule has 3 heteroatoms. The summed E-state index contributed by atoms with van der Waals surface area (Å²) in [4.78, 5) is 1.44. The molecule has 0 aliphatic heterocycles. The van der Waals surface area contributed by atoms with Gasteiger partial charge in [0, 0.05) is 10.8 Å².